The normalized spacial score (nSPS) is 12.7. The molecular weight excluding hydrogens is 228 g/mol. The first-order valence-corrected chi connectivity index (χ1v) is 6.29. The van der Waals surface area contributed by atoms with Crippen molar-refractivity contribution >= 4 is 28.0 Å². The summed E-state index contributed by atoms with van der Waals surface area (Å²) < 4.78 is 4.12. The van der Waals surface area contributed by atoms with Crippen LogP contribution in [0.5, 0.6) is 0 Å². The van der Waals surface area contributed by atoms with E-state index in [2.05, 4.69) is 32.0 Å². The molecule has 0 aliphatic rings. The lowest BCUT2D eigenvalue weighted by atomic mass is 10.4. The molecule has 2 heterocycles. The van der Waals surface area contributed by atoms with Crippen molar-refractivity contribution in [3.63, 3.8) is 0 Å². The second-order valence-electron chi connectivity index (χ2n) is 3.34. The number of hydrogen-bond acceptors (Lipinski definition) is 6. The summed E-state index contributed by atoms with van der Waals surface area (Å²) in [6.07, 6.45) is 0. The monoisotopic (exact) mass is 240 g/mol. The maximum atomic E-state index is 4.43. The quantitative estimate of drug-likeness (QED) is 0.896. The smallest absolute Gasteiger partial charge is 0.203 e. The molecule has 0 radical (unpaired) electrons. The molecule has 4 nitrogen and oxygen atoms in total. The number of aryl methyl sites for hydroxylation is 2. The van der Waals surface area contributed by atoms with E-state index in [1.54, 1.807) is 11.3 Å². The Balaban J connectivity index is 2.06. The first-order chi connectivity index (χ1) is 7.15. The topological polar surface area (TPSA) is 50.7 Å². The Kier molecular flexibility index (Phi) is 2.97. The fourth-order valence-corrected chi connectivity index (χ4v) is 2.64. The van der Waals surface area contributed by atoms with Gasteiger partial charge in [-0.3, -0.25) is 0 Å². The van der Waals surface area contributed by atoms with Gasteiger partial charge < -0.3 is 5.32 Å². The van der Waals surface area contributed by atoms with Crippen LogP contribution in [0.4, 0.5) is 5.13 Å². The zero-order valence-electron chi connectivity index (χ0n) is 8.81. The molecule has 2 aromatic heterocycles. The molecule has 0 aliphatic carbocycles. The summed E-state index contributed by atoms with van der Waals surface area (Å²) in [7, 11) is 0. The average molecular weight is 240 g/mol. The van der Waals surface area contributed by atoms with Crippen molar-refractivity contribution in [2.45, 2.75) is 26.8 Å². The first kappa shape index (κ1) is 10.5. The van der Waals surface area contributed by atoms with Gasteiger partial charge in [0.25, 0.3) is 0 Å². The maximum Gasteiger partial charge on any atom is 0.203 e. The molecule has 0 aromatic carbocycles. The van der Waals surface area contributed by atoms with Crippen LogP contribution in [0, 0.1) is 13.8 Å². The van der Waals surface area contributed by atoms with Gasteiger partial charge in [-0.25, -0.2) is 9.97 Å². The van der Waals surface area contributed by atoms with Crippen LogP contribution in [0.1, 0.15) is 29.5 Å². The van der Waals surface area contributed by atoms with Crippen molar-refractivity contribution in [1.82, 2.24) is 14.3 Å². The minimum Gasteiger partial charge on any atom is -0.351 e. The fourth-order valence-electron chi connectivity index (χ4n) is 1.17. The van der Waals surface area contributed by atoms with E-state index in [1.807, 2.05) is 13.8 Å². The van der Waals surface area contributed by atoms with Crippen molar-refractivity contribution in [3.8, 4) is 0 Å². The van der Waals surface area contributed by atoms with Gasteiger partial charge in [-0.1, -0.05) is 0 Å². The van der Waals surface area contributed by atoms with E-state index in [4.69, 9.17) is 0 Å². The Morgan fingerprint density at radius 2 is 2.13 bits per heavy atom. The number of nitrogens with zero attached hydrogens (tertiary/aromatic N) is 3. The van der Waals surface area contributed by atoms with Gasteiger partial charge in [0.2, 0.25) is 5.13 Å². The fraction of sp³-hybridized carbons (Fsp3) is 0.444. The lowest BCUT2D eigenvalue weighted by molar-refractivity contribution is 0.860. The standard InChI is InChI=1S/C9H12N4S2/c1-5-4-14-8(10-5)6(2)11-9-12-7(3)13-15-9/h4,6H,1-3H3,(H,11,12,13). The molecule has 2 aromatic rings. The largest absolute Gasteiger partial charge is 0.351 e. The van der Waals surface area contributed by atoms with Crippen molar-refractivity contribution in [2.24, 2.45) is 0 Å². The van der Waals surface area contributed by atoms with Gasteiger partial charge in [0, 0.05) is 22.6 Å². The Morgan fingerprint density at radius 3 is 2.67 bits per heavy atom. The second kappa shape index (κ2) is 4.24. The summed E-state index contributed by atoms with van der Waals surface area (Å²) >= 11 is 3.05. The highest BCUT2D eigenvalue weighted by molar-refractivity contribution is 7.10. The van der Waals surface area contributed by atoms with Gasteiger partial charge in [-0.15, -0.1) is 11.3 Å². The molecule has 2 rings (SSSR count). The van der Waals surface area contributed by atoms with E-state index < -0.39 is 0 Å². The van der Waals surface area contributed by atoms with Crippen LogP contribution in [0.2, 0.25) is 0 Å². The third kappa shape index (κ3) is 2.51. The first-order valence-electron chi connectivity index (χ1n) is 4.64. The molecule has 6 heteroatoms. The third-order valence-electron chi connectivity index (χ3n) is 1.87. The maximum absolute atomic E-state index is 4.43. The summed E-state index contributed by atoms with van der Waals surface area (Å²) in [4.78, 5) is 8.68. The SMILES string of the molecule is Cc1csc(C(C)Nc2nc(C)ns2)n1. The highest BCUT2D eigenvalue weighted by atomic mass is 32.1. The van der Waals surface area contributed by atoms with Crippen LogP contribution < -0.4 is 5.32 Å². The predicted octanol–water partition coefficient (Wildman–Crippen LogP) is 2.78. The highest BCUT2D eigenvalue weighted by Crippen LogP contribution is 2.22. The summed E-state index contributed by atoms with van der Waals surface area (Å²) in [5.41, 5.74) is 1.07. The van der Waals surface area contributed by atoms with Gasteiger partial charge >= 0.3 is 0 Å². The number of thiazole rings is 1. The third-order valence-corrected chi connectivity index (χ3v) is 3.76. The minimum atomic E-state index is 0.191. The van der Waals surface area contributed by atoms with Gasteiger partial charge in [0.05, 0.1) is 6.04 Å². The molecule has 0 spiro atoms. The summed E-state index contributed by atoms with van der Waals surface area (Å²) in [6, 6.07) is 0.191. The van der Waals surface area contributed by atoms with Crippen molar-refractivity contribution in [2.75, 3.05) is 5.32 Å². The van der Waals surface area contributed by atoms with Gasteiger partial charge in [-0.2, -0.15) is 4.37 Å². The number of anilines is 1. The van der Waals surface area contributed by atoms with E-state index in [9.17, 15) is 0 Å². The molecule has 0 fully saturated rings. The van der Waals surface area contributed by atoms with E-state index in [-0.39, 0.29) is 6.04 Å². The lowest BCUT2D eigenvalue weighted by Crippen LogP contribution is -2.05. The van der Waals surface area contributed by atoms with Crippen molar-refractivity contribution in [1.29, 1.82) is 0 Å². The van der Waals surface area contributed by atoms with Crippen LogP contribution in [-0.4, -0.2) is 14.3 Å². The predicted molar refractivity (Wildman–Crippen MR) is 63.5 cm³/mol. The number of rotatable bonds is 3. The molecule has 0 saturated carbocycles. The highest BCUT2D eigenvalue weighted by Gasteiger charge is 2.10. The second-order valence-corrected chi connectivity index (χ2v) is 4.98. The van der Waals surface area contributed by atoms with Crippen molar-refractivity contribution < 1.29 is 0 Å². The Morgan fingerprint density at radius 1 is 1.33 bits per heavy atom. The molecule has 0 amide bonds. The van der Waals surface area contributed by atoms with Crippen LogP contribution >= 0.6 is 22.9 Å². The van der Waals surface area contributed by atoms with Crippen LogP contribution in [0.25, 0.3) is 0 Å². The summed E-state index contributed by atoms with van der Waals surface area (Å²) in [5, 5.41) is 7.28. The van der Waals surface area contributed by atoms with Gasteiger partial charge in [0.1, 0.15) is 10.8 Å². The van der Waals surface area contributed by atoms with Crippen LogP contribution in [0.3, 0.4) is 0 Å². The number of nitrogens with one attached hydrogen (secondary N) is 1. The Bertz CT molecular complexity index is 448. The summed E-state index contributed by atoms with van der Waals surface area (Å²) in [6.45, 7) is 5.97. The molecule has 1 N–H and O–H groups in total. The lowest BCUT2D eigenvalue weighted by Gasteiger charge is -2.08. The molecule has 15 heavy (non-hydrogen) atoms. The van der Waals surface area contributed by atoms with Gasteiger partial charge in [0.15, 0.2) is 0 Å². The van der Waals surface area contributed by atoms with Crippen molar-refractivity contribution in [3.05, 3.63) is 21.9 Å². The van der Waals surface area contributed by atoms with Crippen LogP contribution in [-0.2, 0) is 0 Å². The van der Waals surface area contributed by atoms with Crippen LogP contribution in [0.15, 0.2) is 5.38 Å². The number of aromatic nitrogens is 3. The summed E-state index contributed by atoms with van der Waals surface area (Å²) in [5.74, 6) is 0.810. The molecule has 80 valence electrons. The zero-order valence-corrected chi connectivity index (χ0v) is 10.4. The molecule has 0 aliphatic heterocycles. The molecule has 0 saturated heterocycles. The molecular formula is C9H12N4S2. The van der Waals surface area contributed by atoms with E-state index in [0.29, 0.717) is 0 Å². The van der Waals surface area contributed by atoms with Gasteiger partial charge in [-0.05, 0) is 20.8 Å². The minimum absolute atomic E-state index is 0.191. The zero-order chi connectivity index (χ0) is 10.8. The molecule has 0 bridgehead atoms. The number of hydrogen-bond donors (Lipinski definition) is 1. The molecule has 1 unspecified atom stereocenters. The Labute approximate surface area is 96.6 Å². The Hall–Kier alpha value is -1.01. The van der Waals surface area contributed by atoms with E-state index >= 15 is 0 Å². The average Bonchev–Trinajstić information content (AvgIpc) is 2.75. The van der Waals surface area contributed by atoms with E-state index in [0.717, 1.165) is 21.7 Å². The molecule has 1 atom stereocenters. The van der Waals surface area contributed by atoms with E-state index in [1.165, 1.54) is 11.5 Å².